The van der Waals surface area contributed by atoms with Crippen LogP contribution in [0.15, 0.2) is 53.4 Å². The Morgan fingerprint density at radius 3 is 2.53 bits per heavy atom. The summed E-state index contributed by atoms with van der Waals surface area (Å²) in [5, 5.41) is 12.2. The van der Waals surface area contributed by atoms with Gasteiger partial charge in [-0.2, -0.15) is 4.31 Å². The van der Waals surface area contributed by atoms with Gasteiger partial charge in [0.25, 0.3) is 0 Å². The van der Waals surface area contributed by atoms with Crippen LogP contribution in [0.4, 0.5) is 4.39 Å². The second-order valence-corrected chi connectivity index (χ2v) is 9.27. The summed E-state index contributed by atoms with van der Waals surface area (Å²) < 4.78 is 42.2. The Bertz CT molecular complexity index is 1190. The Hall–Kier alpha value is -1.71. The average Bonchev–Trinajstić information content (AvgIpc) is 3.00. The van der Waals surface area contributed by atoms with Crippen molar-refractivity contribution in [3.63, 3.8) is 0 Å². The second kappa shape index (κ2) is 8.80. The van der Waals surface area contributed by atoms with Gasteiger partial charge >= 0.3 is 29.6 Å². The van der Waals surface area contributed by atoms with Gasteiger partial charge in [-0.05, 0) is 55.2 Å². The number of para-hydroxylation sites is 1. The SMILES string of the molecule is CN(C1CCc2c(c3ccccc3n2CC(=O)[O-])C1)S(=O)(=O)c1ccc(F)cc1.[Na+]. The first-order valence-electron chi connectivity index (χ1n) is 9.31. The number of carboxylic acids is 1. The number of benzene rings is 2. The van der Waals surface area contributed by atoms with Crippen molar-refractivity contribution in [2.75, 3.05) is 7.05 Å². The molecule has 1 unspecified atom stereocenters. The number of hydrogen-bond acceptors (Lipinski definition) is 4. The zero-order chi connectivity index (χ0) is 20.8. The monoisotopic (exact) mass is 438 g/mol. The Morgan fingerprint density at radius 2 is 1.87 bits per heavy atom. The molecule has 0 amide bonds. The fourth-order valence-electron chi connectivity index (χ4n) is 4.17. The number of aliphatic carboxylic acids is 1. The molecule has 30 heavy (non-hydrogen) atoms. The first-order chi connectivity index (χ1) is 13.8. The van der Waals surface area contributed by atoms with Crippen molar-refractivity contribution in [1.29, 1.82) is 0 Å². The van der Waals surface area contributed by atoms with Gasteiger partial charge < -0.3 is 14.5 Å². The van der Waals surface area contributed by atoms with E-state index in [9.17, 15) is 22.7 Å². The fraction of sp³-hybridized carbons (Fsp3) is 0.286. The Kier molecular flexibility index (Phi) is 6.74. The summed E-state index contributed by atoms with van der Waals surface area (Å²) in [5.74, 6) is -1.65. The molecule has 0 saturated carbocycles. The molecule has 0 spiro atoms. The minimum atomic E-state index is -3.77. The van der Waals surface area contributed by atoms with Crippen molar-refractivity contribution in [2.24, 2.45) is 0 Å². The topological polar surface area (TPSA) is 82.4 Å². The molecule has 0 fully saturated rings. The molecule has 152 valence electrons. The first kappa shape index (κ1) is 23.0. The van der Waals surface area contributed by atoms with Gasteiger partial charge in [0.1, 0.15) is 5.82 Å². The average molecular weight is 438 g/mol. The van der Waals surface area contributed by atoms with Crippen LogP contribution in [0.5, 0.6) is 0 Å². The molecule has 9 heteroatoms. The third kappa shape index (κ3) is 4.07. The summed E-state index contributed by atoms with van der Waals surface area (Å²) in [7, 11) is -2.23. The maximum Gasteiger partial charge on any atom is 1.00 e. The van der Waals surface area contributed by atoms with Crippen molar-refractivity contribution in [2.45, 2.75) is 36.7 Å². The number of hydrogen-bond donors (Lipinski definition) is 0. The predicted molar refractivity (Wildman–Crippen MR) is 104 cm³/mol. The van der Waals surface area contributed by atoms with Gasteiger partial charge in [-0.15, -0.1) is 0 Å². The number of carbonyl (C=O) groups is 1. The van der Waals surface area contributed by atoms with Gasteiger partial charge in [0.05, 0.1) is 17.4 Å². The minimum absolute atomic E-state index is 0. The van der Waals surface area contributed by atoms with Crippen molar-refractivity contribution in [3.05, 3.63) is 65.6 Å². The molecule has 0 bridgehead atoms. The van der Waals surface area contributed by atoms with Crippen molar-refractivity contribution >= 4 is 26.9 Å². The largest absolute Gasteiger partial charge is 1.00 e. The van der Waals surface area contributed by atoms with E-state index in [1.165, 1.54) is 23.5 Å². The summed E-state index contributed by atoms with van der Waals surface area (Å²) >= 11 is 0. The molecule has 1 atom stereocenters. The smallest absolute Gasteiger partial charge is 0.548 e. The molecule has 0 saturated heterocycles. The van der Waals surface area contributed by atoms with Crippen molar-refractivity contribution < 1.29 is 52.3 Å². The maximum absolute atomic E-state index is 13.2. The van der Waals surface area contributed by atoms with E-state index in [-0.39, 0.29) is 47.0 Å². The molecule has 6 nitrogen and oxygen atoms in total. The zero-order valence-corrected chi connectivity index (χ0v) is 19.7. The summed E-state index contributed by atoms with van der Waals surface area (Å²) in [6, 6.07) is 12.0. The summed E-state index contributed by atoms with van der Waals surface area (Å²) in [6.07, 6.45) is 1.60. The molecule has 2 aromatic carbocycles. The normalized spacial score (nSPS) is 16.3. The molecule has 1 aliphatic carbocycles. The van der Waals surface area contributed by atoms with Crippen LogP contribution in [0.2, 0.25) is 0 Å². The molecule has 0 N–H and O–H groups in total. The molecule has 0 radical (unpaired) electrons. The quantitative estimate of drug-likeness (QED) is 0.465. The number of carboxylic acid groups (broad SMARTS) is 1. The van der Waals surface area contributed by atoms with E-state index in [4.69, 9.17) is 0 Å². The molecule has 4 rings (SSSR count). The molecule has 1 aliphatic rings. The van der Waals surface area contributed by atoms with Crippen LogP contribution in [0.1, 0.15) is 17.7 Å². The van der Waals surface area contributed by atoms with E-state index in [0.717, 1.165) is 34.3 Å². The second-order valence-electron chi connectivity index (χ2n) is 7.27. The number of aromatic nitrogens is 1. The van der Waals surface area contributed by atoms with E-state index < -0.39 is 21.8 Å². The molecule has 1 heterocycles. The van der Waals surface area contributed by atoms with Gasteiger partial charge in [0.15, 0.2) is 0 Å². The molecular formula is C21H20FN2NaO4S. The summed E-state index contributed by atoms with van der Waals surface area (Å²) in [5.41, 5.74) is 2.70. The number of rotatable bonds is 5. The minimum Gasteiger partial charge on any atom is -0.548 e. The Morgan fingerprint density at radius 1 is 1.20 bits per heavy atom. The molecular weight excluding hydrogens is 418 g/mol. The van der Waals surface area contributed by atoms with Gasteiger partial charge in [0.2, 0.25) is 10.0 Å². The van der Waals surface area contributed by atoms with Gasteiger partial charge in [-0.3, -0.25) is 0 Å². The number of sulfonamides is 1. The van der Waals surface area contributed by atoms with Crippen LogP contribution in [-0.2, 0) is 34.2 Å². The van der Waals surface area contributed by atoms with E-state index in [1.807, 2.05) is 24.3 Å². The molecule has 1 aromatic heterocycles. The van der Waals surface area contributed by atoms with Crippen molar-refractivity contribution in [3.8, 4) is 0 Å². The van der Waals surface area contributed by atoms with Gasteiger partial charge in [-0.1, -0.05) is 18.2 Å². The zero-order valence-electron chi connectivity index (χ0n) is 16.8. The van der Waals surface area contributed by atoms with E-state index in [0.29, 0.717) is 19.3 Å². The van der Waals surface area contributed by atoms with Crippen LogP contribution in [0.3, 0.4) is 0 Å². The predicted octanol–water partition coefficient (Wildman–Crippen LogP) is -1.29. The van der Waals surface area contributed by atoms with Crippen molar-refractivity contribution in [1.82, 2.24) is 8.87 Å². The maximum atomic E-state index is 13.2. The van der Waals surface area contributed by atoms with Crippen LogP contribution in [-0.4, -0.2) is 36.3 Å². The third-order valence-electron chi connectivity index (χ3n) is 5.64. The van der Waals surface area contributed by atoms with E-state index in [1.54, 1.807) is 4.57 Å². The first-order valence-corrected chi connectivity index (χ1v) is 10.8. The number of halogens is 1. The van der Waals surface area contributed by atoms with Crippen LogP contribution in [0.25, 0.3) is 10.9 Å². The van der Waals surface area contributed by atoms with E-state index >= 15 is 0 Å². The number of carbonyl (C=O) groups excluding carboxylic acids is 1. The van der Waals surface area contributed by atoms with Crippen LogP contribution < -0.4 is 34.7 Å². The summed E-state index contributed by atoms with van der Waals surface area (Å²) in [6.45, 7) is -0.232. The summed E-state index contributed by atoms with van der Waals surface area (Å²) in [4.78, 5) is 11.3. The standard InChI is InChI=1S/C21H21FN2O4S.Na/c1-23(29(27,28)16-9-6-14(22)7-10-16)15-8-11-20-18(12-15)17-4-2-3-5-19(17)24(20)13-21(25)26;/h2-7,9-10,15H,8,11-13H2,1H3,(H,25,26);/q;+1/p-1. The van der Waals surface area contributed by atoms with Crippen LogP contribution in [0, 0.1) is 5.82 Å². The third-order valence-corrected chi connectivity index (χ3v) is 7.56. The number of nitrogens with zero attached hydrogens (tertiary/aromatic N) is 2. The molecule has 0 aliphatic heterocycles. The van der Waals surface area contributed by atoms with Crippen LogP contribution >= 0.6 is 0 Å². The number of fused-ring (bicyclic) bond motifs is 3. The van der Waals surface area contributed by atoms with Gasteiger partial charge in [-0.25, -0.2) is 12.8 Å². The fourth-order valence-corrected chi connectivity index (χ4v) is 5.56. The Balaban J connectivity index is 0.00000256. The van der Waals surface area contributed by atoms with Gasteiger partial charge in [0, 0.05) is 29.7 Å². The number of likely N-dealkylation sites (N-methyl/N-ethyl adjacent to an activating group) is 1. The molecule has 3 aromatic rings. The van der Waals surface area contributed by atoms with E-state index in [2.05, 4.69) is 0 Å². The Labute approximate surface area is 196 Å².